The molecule has 1 heterocycles. The van der Waals surface area contributed by atoms with E-state index in [1.807, 2.05) is 6.07 Å². The quantitative estimate of drug-likeness (QED) is 0.568. The maximum absolute atomic E-state index is 14.2. The molecule has 7 heteroatoms. The van der Waals surface area contributed by atoms with Crippen LogP contribution in [0.5, 0.6) is 0 Å². The highest BCUT2D eigenvalue weighted by molar-refractivity contribution is 7.78. The Morgan fingerprint density at radius 3 is 2.40 bits per heavy atom. The van der Waals surface area contributed by atoms with Gasteiger partial charge in [0.2, 0.25) is 0 Å². The molecule has 0 fully saturated rings. The highest BCUT2D eigenvalue weighted by Gasteiger charge is 2.12. The summed E-state index contributed by atoms with van der Waals surface area (Å²) in [6, 6.07) is 13.1. The van der Waals surface area contributed by atoms with Crippen molar-refractivity contribution < 1.29 is 13.2 Å². The molecule has 3 rings (SSSR count). The summed E-state index contributed by atoms with van der Waals surface area (Å²) < 4.78 is 35.8. The number of pyridine rings is 1. The zero-order chi connectivity index (χ0) is 18.0. The minimum absolute atomic E-state index is 0.111. The Bertz CT molecular complexity index is 945. The van der Waals surface area contributed by atoms with Crippen LogP contribution in [0.25, 0.3) is 22.4 Å². The van der Waals surface area contributed by atoms with Gasteiger partial charge in [-0.3, -0.25) is 9.19 Å². The van der Waals surface area contributed by atoms with Crippen molar-refractivity contribution in [1.29, 1.82) is 0 Å². The normalized spacial score (nSPS) is 12.2. The summed E-state index contributed by atoms with van der Waals surface area (Å²) >= 11 is 9.79. The van der Waals surface area contributed by atoms with Crippen molar-refractivity contribution in [3.63, 3.8) is 0 Å². The molecule has 0 aliphatic carbocycles. The molecule has 2 aromatic carbocycles. The van der Waals surface area contributed by atoms with E-state index in [9.17, 15) is 13.2 Å². The number of nitrogens with zero attached hydrogens (tertiary/aromatic N) is 1. The van der Waals surface area contributed by atoms with E-state index in [0.717, 1.165) is 11.1 Å². The molecule has 1 aromatic heterocycles. The molecule has 3 nitrogen and oxygen atoms in total. The maximum atomic E-state index is 14.2. The van der Waals surface area contributed by atoms with Crippen LogP contribution < -0.4 is 0 Å². The van der Waals surface area contributed by atoms with Crippen LogP contribution in [0.1, 0.15) is 5.56 Å². The van der Waals surface area contributed by atoms with Gasteiger partial charge in [-0.25, -0.2) is 4.39 Å². The smallest absolute Gasteiger partial charge is 0.127 e. The topological polar surface area (TPSA) is 53.0 Å². The van der Waals surface area contributed by atoms with Crippen LogP contribution in [0.2, 0.25) is 10.0 Å². The van der Waals surface area contributed by atoms with Gasteiger partial charge in [-0.15, -0.1) is 0 Å². The third-order valence-corrected chi connectivity index (χ3v) is 4.56. The first-order valence-corrected chi connectivity index (χ1v) is 9.20. The van der Waals surface area contributed by atoms with Crippen LogP contribution in [-0.2, 0) is 16.8 Å². The molecule has 0 amide bonds. The SMILES string of the molecule is O=S([O-])Cc1ccc(-c2ncccc2-c2cc(Cl)cc(Cl)c2)cc1F. The van der Waals surface area contributed by atoms with Crippen LogP contribution in [0, 0.1) is 5.82 Å². The number of halogens is 3. The number of aromatic nitrogens is 1. The Hall–Kier alpha value is -1.79. The average Bonchev–Trinajstić information content (AvgIpc) is 2.55. The van der Waals surface area contributed by atoms with Gasteiger partial charge in [-0.2, -0.15) is 0 Å². The summed E-state index contributed by atoms with van der Waals surface area (Å²) in [4.78, 5) is 4.34. The average molecular weight is 395 g/mol. The summed E-state index contributed by atoms with van der Waals surface area (Å²) in [5.41, 5.74) is 2.69. The first-order chi connectivity index (χ1) is 11.9. The molecule has 3 aromatic rings. The molecule has 128 valence electrons. The van der Waals surface area contributed by atoms with Gasteiger partial charge in [0, 0.05) is 33.1 Å². The largest absolute Gasteiger partial charge is 0.772 e. The third kappa shape index (κ3) is 4.25. The van der Waals surface area contributed by atoms with Crippen molar-refractivity contribution in [2.75, 3.05) is 0 Å². The molecule has 0 aliphatic rings. The van der Waals surface area contributed by atoms with Gasteiger partial charge in [0.05, 0.1) is 5.69 Å². The lowest BCUT2D eigenvalue weighted by molar-refractivity contribution is 0.533. The molecule has 0 N–H and O–H groups in total. The van der Waals surface area contributed by atoms with E-state index in [-0.39, 0.29) is 11.3 Å². The maximum Gasteiger partial charge on any atom is 0.127 e. The summed E-state index contributed by atoms with van der Waals surface area (Å²) in [6.07, 6.45) is 1.60. The van der Waals surface area contributed by atoms with Crippen LogP contribution in [0.15, 0.2) is 54.7 Å². The Labute approximate surface area is 156 Å². The van der Waals surface area contributed by atoms with Crippen molar-refractivity contribution in [1.82, 2.24) is 4.98 Å². The Kier molecular flexibility index (Phi) is 5.49. The molecule has 1 unspecified atom stereocenters. The second kappa shape index (κ2) is 7.62. The predicted octanol–water partition coefficient (Wildman–Crippen LogP) is 5.24. The lowest BCUT2D eigenvalue weighted by Gasteiger charge is -2.12. The van der Waals surface area contributed by atoms with E-state index in [1.54, 1.807) is 36.5 Å². The number of hydrogen-bond acceptors (Lipinski definition) is 3. The fourth-order valence-electron chi connectivity index (χ4n) is 2.52. The molecule has 0 aliphatic heterocycles. The molecule has 25 heavy (non-hydrogen) atoms. The molecule has 0 radical (unpaired) electrons. The zero-order valence-corrected chi connectivity index (χ0v) is 15.0. The first kappa shape index (κ1) is 18.0. The highest BCUT2D eigenvalue weighted by atomic mass is 35.5. The molecule has 0 saturated heterocycles. The highest BCUT2D eigenvalue weighted by Crippen LogP contribution is 2.34. The number of rotatable bonds is 4. The van der Waals surface area contributed by atoms with Crippen molar-refractivity contribution in [3.05, 3.63) is 76.2 Å². The van der Waals surface area contributed by atoms with E-state index in [2.05, 4.69) is 4.98 Å². The molecule has 0 spiro atoms. The van der Waals surface area contributed by atoms with Crippen molar-refractivity contribution in [2.24, 2.45) is 0 Å². The van der Waals surface area contributed by atoms with Crippen LogP contribution >= 0.6 is 23.2 Å². The van der Waals surface area contributed by atoms with Crippen LogP contribution in [0.4, 0.5) is 4.39 Å². The fourth-order valence-corrected chi connectivity index (χ4v) is 3.53. The Morgan fingerprint density at radius 1 is 1.04 bits per heavy atom. The Morgan fingerprint density at radius 2 is 1.76 bits per heavy atom. The second-order valence-corrected chi connectivity index (χ2v) is 7.08. The van der Waals surface area contributed by atoms with Gasteiger partial charge in [0.25, 0.3) is 0 Å². The first-order valence-electron chi connectivity index (χ1n) is 7.20. The van der Waals surface area contributed by atoms with Crippen molar-refractivity contribution in [3.8, 4) is 22.4 Å². The van der Waals surface area contributed by atoms with Crippen molar-refractivity contribution >= 4 is 34.3 Å². The van der Waals surface area contributed by atoms with Crippen LogP contribution in [-0.4, -0.2) is 13.7 Å². The van der Waals surface area contributed by atoms with E-state index in [1.165, 1.54) is 12.1 Å². The van der Waals surface area contributed by atoms with E-state index >= 15 is 0 Å². The molecule has 0 saturated carbocycles. The fraction of sp³-hybridized carbons (Fsp3) is 0.0556. The molecular formula is C18H11Cl2FNO2S-. The van der Waals surface area contributed by atoms with Gasteiger partial charge < -0.3 is 4.55 Å². The summed E-state index contributed by atoms with van der Waals surface area (Å²) in [7, 11) is 0. The lowest BCUT2D eigenvalue weighted by atomic mass is 9.98. The molecule has 1 atom stereocenters. The van der Waals surface area contributed by atoms with Gasteiger partial charge in [0.1, 0.15) is 5.82 Å². The second-order valence-electron chi connectivity index (χ2n) is 5.31. The van der Waals surface area contributed by atoms with Crippen molar-refractivity contribution in [2.45, 2.75) is 5.75 Å². The van der Waals surface area contributed by atoms with Gasteiger partial charge in [-0.1, -0.05) is 52.5 Å². The summed E-state index contributed by atoms with van der Waals surface area (Å²) in [6.45, 7) is 0. The number of benzene rings is 2. The molecule has 0 bridgehead atoms. The van der Waals surface area contributed by atoms with Gasteiger partial charge >= 0.3 is 0 Å². The zero-order valence-electron chi connectivity index (χ0n) is 12.7. The van der Waals surface area contributed by atoms with Gasteiger partial charge in [0.15, 0.2) is 0 Å². The minimum atomic E-state index is -2.35. The monoisotopic (exact) mass is 394 g/mol. The summed E-state index contributed by atoms with van der Waals surface area (Å²) in [5.74, 6) is -0.965. The summed E-state index contributed by atoms with van der Waals surface area (Å²) in [5, 5.41) is 0.966. The lowest BCUT2D eigenvalue weighted by Crippen LogP contribution is -1.98. The minimum Gasteiger partial charge on any atom is -0.772 e. The number of hydrogen-bond donors (Lipinski definition) is 0. The molecular weight excluding hydrogens is 384 g/mol. The van der Waals surface area contributed by atoms with E-state index in [0.29, 0.717) is 21.3 Å². The van der Waals surface area contributed by atoms with E-state index in [4.69, 9.17) is 23.2 Å². The Balaban J connectivity index is 2.10. The van der Waals surface area contributed by atoms with E-state index < -0.39 is 16.9 Å². The van der Waals surface area contributed by atoms with Crippen LogP contribution in [0.3, 0.4) is 0 Å². The standard InChI is InChI=1S/C18H12Cl2FNO2S/c19-14-6-13(7-15(20)9-14)16-2-1-5-22-18(16)11-3-4-12(10-25(23)24)17(21)8-11/h1-9H,10H2,(H,23,24)/p-1. The third-order valence-electron chi connectivity index (χ3n) is 3.58. The van der Waals surface area contributed by atoms with Gasteiger partial charge in [-0.05, 0) is 41.5 Å². The predicted molar refractivity (Wildman–Crippen MR) is 97.7 cm³/mol.